The van der Waals surface area contributed by atoms with Gasteiger partial charge in [-0.3, -0.25) is 4.79 Å². The normalized spacial score (nSPS) is 27.1. The van der Waals surface area contributed by atoms with Crippen LogP contribution in [0.4, 0.5) is 0 Å². The predicted octanol–water partition coefficient (Wildman–Crippen LogP) is 3.30. The minimum absolute atomic E-state index is 0.0955. The molecule has 0 bridgehead atoms. The van der Waals surface area contributed by atoms with Crippen LogP contribution in [0.15, 0.2) is 24.3 Å². The number of benzene rings is 1. The van der Waals surface area contributed by atoms with Crippen LogP contribution < -0.4 is 5.32 Å². The van der Waals surface area contributed by atoms with Crippen LogP contribution in [0.25, 0.3) is 0 Å². The fourth-order valence-electron chi connectivity index (χ4n) is 1.08. The minimum Gasteiger partial charge on any atom is -0.303 e. The van der Waals surface area contributed by atoms with Crippen molar-refractivity contribution in [2.24, 2.45) is 0 Å². The smallest absolute Gasteiger partial charge is 0.179 e. The Morgan fingerprint density at radius 3 is 2.94 bits per heavy atom. The number of hydrogen-bond acceptors (Lipinski definition) is 2. The monoisotopic (exact) mass is 249 g/mol. The third kappa shape index (κ3) is 3.95. The van der Waals surface area contributed by atoms with E-state index in [4.69, 9.17) is 25.3 Å². The lowest BCUT2D eigenvalue weighted by Gasteiger charge is -2.25. The van der Waals surface area contributed by atoms with Gasteiger partial charge in [0.15, 0.2) is 5.78 Å². The SMILES string of the molecule is [2H]C([2H])([2H])C(C)(N[C@@]([2H])(C(=O)c1cccc(Cl)c1)C([2H])([2H])[2H])C([2H])([2H])[2H]. The molecule has 1 atom stereocenters. The second kappa shape index (κ2) is 4.98. The van der Waals surface area contributed by atoms with Crippen molar-refractivity contribution < 1.29 is 18.5 Å². The molecule has 0 unspecified atom stereocenters. The van der Waals surface area contributed by atoms with Gasteiger partial charge in [-0.2, -0.15) is 0 Å². The lowest BCUT2D eigenvalue weighted by Crippen LogP contribution is -2.46. The molecule has 0 radical (unpaired) electrons. The zero-order valence-corrected chi connectivity index (χ0v) is 9.35. The summed E-state index contributed by atoms with van der Waals surface area (Å²) in [6, 6.07) is 1.86. The van der Waals surface area contributed by atoms with E-state index in [1.54, 1.807) is 0 Å². The summed E-state index contributed by atoms with van der Waals surface area (Å²) in [7, 11) is 0. The fourth-order valence-corrected chi connectivity index (χ4v) is 1.27. The molecule has 2 nitrogen and oxygen atoms in total. The quantitative estimate of drug-likeness (QED) is 0.833. The van der Waals surface area contributed by atoms with Crippen molar-refractivity contribution in [2.45, 2.75) is 39.0 Å². The van der Waals surface area contributed by atoms with Gasteiger partial charge in [-0.05, 0) is 39.6 Å². The van der Waals surface area contributed by atoms with E-state index in [2.05, 4.69) is 0 Å². The topological polar surface area (TPSA) is 29.1 Å². The van der Waals surface area contributed by atoms with Gasteiger partial charge in [0.25, 0.3) is 0 Å². The first-order valence-corrected chi connectivity index (χ1v) is 4.84. The average Bonchev–Trinajstić information content (AvgIpc) is 2.42. The van der Waals surface area contributed by atoms with Crippen molar-refractivity contribution in [2.75, 3.05) is 0 Å². The number of ketones is 1. The van der Waals surface area contributed by atoms with E-state index in [0.29, 0.717) is 0 Å². The van der Waals surface area contributed by atoms with Gasteiger partial charge in [0.05, 0.1) is 7.39 Å². The van der Waals surface area contributed by atoms with Gasteiger partial charge in [-0.1, -0.05) is 23.7 Å². The molecule has 0 saturated carbocycles. The average molecular weight is 250 g/mol. The molecule has 1 N–H and O–H groups in total. The number of carbonyl (C=O) groups is 1. The van der Waals surface area contributed by atoms with Crippen LogP contribution in [0.2, 0.25) is 5.02 Å². The highest BCUT2D eigenvalue weighted by Gasteiger charge is 2.20. The predicted molar refractivity (Wildman–Crippen MR) is 68.1 cm³/mol. The van der Waals surface area contributed by atoms with E-state index in [0.717, 1.165) is 13.0 Å². The fraction of sp³-hybridized carbons (Fsp3) is 0.462. The molecule has 0 amide bonds. The number of nitrogens with one attached hydrogen (secondary N) is 1. The molecule has 0 fully saturated rings. The van der Waals surface area contributed by atoms with E-state index in [1.165, 1.54) is 18.2 Å². The summed E-state index contributed by atoms with van der Waals surface area (Å²) < 4.78 is 76.0. The van der Waals surface area contributed by atoms with Crippen molar-refractivity contribution >= 4 is 17.4 Å². The van der Waals surface area contributed by atoms with Crippen molar-refractivity contribution in [3.63, 3.8) is 0 Å². The van der Waals surface area contributed by atoms with Crippen molar-refractivity contribution in [1.29, 1.82) is 0 Å². The molecule has 3 heteroatoms. The number of hydrogen-bond donors (Lipinski definition) is 1. The molecule has 1 rings (SSSR count). The van der Waals surface area contributed by atoms with Crippen molar-refractivity contribution in [3.05, 3.63) is 34.9 Å². The van der Waals surface area contributed by atoms with Crippen LogP contribution in [0.3, 0.4) is 0 Å². The van der Waals surface area contributed by atoms with Gasteiger partial charge >= 0.3 is 0 Å². The number of rotatable bonds is 3. The van der Waals surface area contributed by atoms with E-state index in [1.807, 2.05) is 5.32 Å². The van der Waals surface area contributed by atoms with Crippen LogP contribution in [0.1, 0.15) is 51.5 Å². The molecular weight excluding hydrogens is 222 g/mol. The maximum Gasteiger partial charge on any atom is 0.179 e. The van der Waals surface area contributed by atoms with E-state index in [-0.39, 0.29) is 10.6 Å². The lowest BCUT2D eigenvalue weighted by atomic mass is 10.0. The molecule has 0 spiro atoms. The summed E-state index contributed by atoms with van der Waals surface area (Å²) >= 11 is 5.78. The van der Waals surface area contributed by atoms with Crippen LogP contribution in [-0.2, 0) is 0 Å². The maximum atomic E-state index is 12.8. The summed E-state index contributed by atoms with van der Waals surface area (Å²) in [6.45, 7) is -9.09. The van der Waals surface area contributed by atoms with Crippen LogP contribution >= 0.6 is 11.6 Å². The first-order chi connectivity index (χ1) is 11.4. The molecule has 0 aliphatic rings. The van der Waals surface area contributed by atoms with Gasteiger partial charge in [0.1, 0.15) is 0 Å². The summed E-state index contributed by atoms with van der Waals surface area (Å²) in [4.78, 5) is 12.8. The van der Waals surface area contributed by atoms with E-state index >= 15 is 0 Å². The maximum absolute atomic E-state index is 12.8. The first-order valence-electron chi connectivity index (χ1n) is 9.46. The van der Waals surface area contributed by atoms with Crippen LogP contribution in [0, 0.1) is 0 Å². The molecular formula is C13H18ClNO. The van der Waals surface area contributed by atoms with Crippen LogP contribution in [0.5, 0.6) is 0 Å². The Hall–Kier alpha value is -0.860. The second-order valence-electron chi connectivity index (χ2n) is 3.46. The largest absolute Gasteiger partial charge is 0.303 e. The van der Waals surface area contributed by atoms with Crippen molar-refractivity contribution in [3.8, 4) is 0 Å². The molecule has 0 saturated heterocycles. The van der Waals surface area contributed by atoms with Gasteiger partial charge in [0.2, 0.25) is 0 Å². The zero-order valence-electron chi connectivity index (χ0n) is 18.6. The van der Waals surface area contributed by atoms with Crippen LogP contribution in [-0.4, -0.2) is 17.3 Å². The molecule has 0 aliphatic heterocycles. The molecule has 88 valence electrons. The Kier molecular flexibility index (Phi) is 1.49. The molecule has 1 aromatic carbocycles. The first kappa shape index (κ1) is 4.79. The standard InChI is InChI=1S/C13H18ClNO/c1-9(15-13(2,3)4)12(16)10-6-5-7-11(14)8-10/h5-9,15H,1-4H3/t9-/m1/s1/i1D3,2D3,3D3,9D. The molecule has 0 aromatic heterocycles. The Bertz CT molecular complexity index is 667. The highest BCUT2D eigenvalue weighted by Crippen LogP contribution is 2.13. The van der Waals surface area contributed by atoms with Gasteiger partial charge < -0.3 is 5.32 Å². The summed E-state index contributed by atoms with van der Waals surface area (Å²) in [5.74, 6) is -1.32. The molecule has 16 heavy (non-hydrogen) atoms. The highest BCUT2D eigenvalue weighted by atomic mass is 35.5. The Labute approximate surface area is 116 Å². The summed E-state index contributed by atoms with van der Waals surface area (Å²) in [5, 5.41) is 1.93. The van der Waals surface area contributed by atoms with Gasteiger partial charge in [-0.25, -0.2) is 0 Å². The van der Waals surface area contributed by atoms with Gasteiger partial charge in [-0.15, -0.1) is 0 Å². The third-order valence-electron chi connectivity index (χ3n) is 1.69. The van der Waals surface area contributed by atoms with E-state index in [9.17, 15) is 4.79 Å². The Morgan fingerprint density at radius 2 is 2.38 bits per heavy atom. The Morgan fingerprint density at radius 1 is 1.62 bits per heavy atom. The Balaban J connectivity index is 3.58. The number of Topliss-reactive ketones (excluding diaryl/α,β-unsaturated/α-hetero) is 1. The summed E-state index contributed by atoms with van der Waals surface area (Å²) in [5.41, 5.74) is -3.10. The number of halogens is 1. The molecule has 0 heterocycles. The molecule has 0 aliphatic carbocycles. The number of carbonyl (C=O) groups excluding carboxylic acids is 1. The van der Waals surface area contributed by atoms with Crippen molar-refractivity contribution in [1.82, 2.24) is 5.32 Å². The second-order valence-corrected chi connectivity index (χ2v) is 3.90. The highest BCUT2D eigenvalue weighted by molar-refractivity contribution is 6.31. The van der Waals surface area contributed by atoms with E-state index < -0.39 is 37.9 Å². The zero-order chi connectivity index (χ0) is 20.8. The summed E-state index contributed by atoms with van der Waals surface area (Å²) in [6.07, 6.45) is 0. The molecule has 1 aromatic rings. The lowest BCUT2D eigenvalue weighted by molar-refractivity contribution is 0.0936. The van der Waals surface area contributed by atoms with Gasteiger partial charge in [0, 0.05) is 28.5 Å². The minimum atomic E-state index is -3.37. The third-order valence-corrected chi connectivity index (χ3v) is 1.92.